The summed E-state index contributed by atoms with van der Waals surface area (Å²) in [7, 11) is 0. The van der Waals surface area contributed by atoms with Gasteiger partial charge in [0.2, 0.25) is 5.88 Å². The Bertz CT molecular complexity index is 508. The molecule has 1 saturated carbocycles. The first-order valence-electron chi connectivity index (χ1n) is 7.91. The normalized spacial score (nSPS) is 29.4. The molecule has 1 aromatic heterocycles. The van der Waals surface area contributed by atoms with Gasteiger partial charge in [0.25, 0.3) is 0 Å². The standard InChI is InChI=1S/C16H23IN2O3/c1-16(20)4-2-13(3-5-16)22-15-11-12(17)10-14(18-15)19-6-8-21-9-7-19/h10-11,13,20H,2-9H2,1H3. The van der Waals surface area contributed by atoms with Gasteiger partial charge < -0.3 is 19.5 Å². The Morgan fingerprint density at radius 3 is 2.68 bits per heavy atom. The fourth-order valence-electron chi connectivity index (χ4n) is 2.98. The van der Waals surface area contributed by atoms with Crippen molar-refractivity contribution >= 4 is 28.4 Å². The summed E-state index contributed by atoms with van der Waals surface area (Å²) in [5.74, 6) is 1.66. The summed E-state index contributed by atoms with van der Waals surface area (Å²) >= 11 is 2.31. The lowest BCUT2D eigenvalue weighted by Crippen LogP contribution is -2.37. The highest BCUT2D eigenvalue weighted by molar-refractivity contribution is 14.1. The molecular formula is C16H23IN2O3. The van der Waals surface area contributed by atoms with Gasteiger partial charge in [-0.15, -0.1) is 0 Å². The minimum absolute atomic E-state index is 0.156. The molecule has 1 saturated heterocycles. The first-order chi connectivity index (χ1) is 10.5. The molecule has 1 N–H and O–H groups in total. The van der Waals surface area contributed by atoms with E-state index in [-0.39, 0.29) is 6.10 Å². The SMILES string of the molecule is CC1(O)CCC(Oc2cc(I)cc(N3CCOCC3)n2)CC1. The second-order valence-corrected chi connectivity index (χ2v) is 7.64. The van der Waals surface area contributed by atoms with Crippen molar-refractivity contribution in [3.63, 3.8) is 0 Å². The van der Waals surface area contributed by atoms with E-state index in [1.807, 2.05) is 13.0 Å². The maximum Gasteiger partial charge on any atom is 0.216 e. The van der Waals surface area contributed by atoms with Crippen LogP contribution in [0, 0.1) is 3.57 Å². The number of pyridine rings is 1. The van der Waals surface area contributed by atoms with E-state index in [4.69, 9.17) is 9.47 Å². The van der Waals surface area contributed by atoms with E-state index in [2.05, 4.69) is 38.5 Å². The molecule has 0 unspecified atom stereocenters. The average molecular weight is 418 g/mol. The topological polar surface area (TPSA) is 54.8 Å². The van der Waals surface area contributed by atoms with Crippen LogP contribution >= 0.6 is 22.6 Å². The second kappa shape index (κ2) is 6.88. The monoisotopic (exact) mass is 418 g/mol. The van der Waals surface area contributed by atoms with E-state index in [1.165, 1.54) is 0 Å². The number of aliphatic hydroxyl groups is 1. The van der Waals surface area contributed by atoms with Gasteiger partial charge in [-0.2, -0.15) is 4.98 Å². The molecule has 2 aliphatic rings. The number of halogens is 1. The maximum absolute atomic E-state index is 10.0. The molecule has 3 rings (SSSR count). The first-order valence-corrected chi connectivity index (χ1v) is 8.99. The summed E-state index contributed by atoms with van der Waals surface area (Å²) in [6.07, 6.45) is 3.50. The highest BCUT2D eigenvalue weighted by Gasteiger charge is 2.30. The Balaban J connectivity index is 1.67. The lowest BCUT2D eigenvalue weighted by atomic mass is 9.85. The Kier molecular flexibility index (Phi) is 5.09. The Morgan fingerprint density at radius 1 is 1.32 bits per heavy atom. The third-order valence-electron chi connectivity index (χ3n) is 4.39. The maximum atomic E-state index is 10.0. The molecule has 0 atom stereocenters. The summed E-state index contributed by atoms with van der Waals surface area (Å²) < 4.78 is 12.6. The summed E-state index contributed by atoms with van der Waals surface area (Å²) in [5.41, 5.74) is -0.530. The van der Waals surface area contributed by atoms with Crippen LogP contribution in [0.1, 0.15) is 32.6 Å². The van der Waals surface area contributed by atoms with Crippen molar-refractivity contribution < 1.29 is 14.6 Å². The van der Waals surface area contributed by atoms with Gasteiger partial charge in [0.1, 0.15) is 11.9 Å². The van der Waals surface area contributed by atoms with Gasteiger partial charge in [0.15, 0.2) is 0 Å². The molecule has 0 bridgehead atoms. The van der Waals surface area contributed by atoms with Gasteiger partial charge in [-0.05, 0) is 61.3 Å². The number of anilines is 1. The van der Waals surface area contributed by atoms with Crippen molar-refractivity contribution in [3.05, 3.63) is 15.7 Å². The second-order valence-electron chi connectivity index (χ2n) is 6.40. The number of ether oxygens (including phenoxy) is 2. The third-order valence-corrected chi connectivity index (χ3v) is 5.01. The molecular weight excluding hydrogens is 395 g/mol. The number of morpholine rings is 1. The van der Waals surface area contributed by atoms with Gasteiger partial charge in [0.05, 0.1) is 18.8 Å². The van der Waals surface area contributed by atoms with Crippen LogP contribution in [-0.4, -0.2) is 48.1 Å². The minimum Gasteiger partial charge on any atom is -0.474 e. The zero-order valence-electron chi connectivity index (χ0n) is 12.9. The summed E-state index contributed by atoms with van der Waals surface area (Å²) in [5, 5.41) is 10.0. The van der Waals surface area contributed by atoms with E-state index in [0.717, 1.165) is 61.4 Å². The average Bonchev–Trinajstić information content (AvgIpc) is 2.50. The molecule has 1 aliphatic heterocycles. The van der Waals surface area contributed by atoms with Gasteiger partial charge in [-0.25, -0.2) is 0 Å². The molecule has 5 nitrogen and oxygen atoms in total. The summed E-state index contributed by atoms with van der Waals surface area (Å²) in [4.78, 5) is 6.91. The van der Waals surface area contributed by atoms with Crippen molar-refractivity contribution in [1.29, 1.82) is 0 Å². The number of hydrogen-bond donors (Lipinski definition) is 1. The quantitative estimate of drug-likeness (QED) is 0.765. The number of nitrogens with zero attached hydrogens (tertiary/aromatic N) is 2. The molecule has 0 amide bonds. The predicted molar refractivity (Wildman–Crippen MR) is 93.5 cm³/mol. The minimum atomic E-state index is -0.530. The van der Waals surface area contributed by atoms with Gasteiger partial charge in [0, 0.05) is 22.7 Å². The zero-order chi connectivity index (χ0) is 15.6. The zero-order valence-corrected chi connectivity index (χ0v) is 15.1. The van der Waals surface area contributed by atoms with E-state index >= 15 is 0 Å². The van der Waals surface area contributed by atoms with Crippen molar-refractivity contribution in [1.82, 2.24) is 4.98 Å². The van der Waals surface area contributed by atoms with Crippen LogP contribution in [0.3, 0.4) is 0 Å². The number of hydrogen-bond acceptors (Lipinski definition) is 5. The lowest BCUT2D eigenvalue weighted by Gasteiger charge is -2.33. The van der Waals surface area contributed by atoms with Crippen LogP contribution in [0.25, 0.3) is 0 Å². The molecule has 1 aliphatic carbocycles. The number of rotatable bonds is 3. The largest absolute Gasteiger partial charge is 0.474 e. The van der Waals surface area contributed by atoms with Crippen LogP contribution in [0.2, 0.25) is 0 Å². The van der Waals surface area contributed by atoms with Gasteiger partial charge in [-0.1, -0.05) is 0 Å². The van der Waals surface area contributed by atoms with Crippen LogP contribution < -0.4 is 9.64 Å². The Morgan fingerprint density at radius 2 is 2.00 bits per heavy atom. The Labute approximate surface area is 145 Å². The molecule has 0 aromatic carbocycles. The number of aromatic nitrogens is 1. The van der Waals surface area contributed by atoms with E-state index < -0.39 is 5.60 Å². The molecule has 0 spiro atoms. The highest BCUT2D eigenvalue weighted by atomic mass is 127. The molecule has 22 heavy (non-hydrogen) atoms. The van der Waals surface area contributed by atoms with Crippen molar-refractivity contribution in [3.8, 4) is 5.88 Å². The van der Waals surface area contributed by atoms with Crippen LogP contribution in [0.4, 0.5) is 5.82 Å². The van der Waals surface area contributed by atoms with Gasteiger partial charge in [-0.3, -0.25) is 0 Å². The van der Waals surface area contributed by atoms with Crippen LogP contribution in [-0.2, 0) is 4.74 Å². The van der Waals surface area contributed by atoms with Gasteiger partial charge >= 0.3 is 0 Å². The molecule has 2 heterocycles. The fraction of sp³-hybridized carbons (Fsp3) is 0.688. The first kappa shape index (κ1) is 16.3. The van der Waals surface area contributed by atoms with E-state index in [0.29, 0.717) is 5.88 Å². The van der Waals surface area contributed by atoms with Crippen molar-refractivity contribution in [2.24, 2.45) is 0 Å². The predicted octanol–water partition coefficient (Wildman–Crippen LogP) is 2.60. The fourth-order valence-corrected chi connectivity index (χ4v) is 3.52. The Hall–Kier alpha value is -0.600. The third kappa shape index (κ3) is 4.23. The van der Waals surface area contributed by atoms with Crippen molar-refractivity contribution in [2.75, 3.05) is 31.2 Å². The van der Waals surface area contributed by atoms with E-state index in [9.17, 15) is 5.11 Å². The molecule has 122 valence electrons. The van der Waals surface area contributed by atoms with Crippen LogP contribution in [0.5, 0.6) is 5.88 Å². The van der Waals surface area contributed by atoms with Crippen molar-refractivity contribution in [2.45, 2.75) is 44.3 Å². The highest BCUT2D eigenvalue weighted by Crippen LogP contribution is 2.31. The lowest BCUT2D eigenvalue weighted by molar-refractivity contribution is -0.0117. The summed E-state index contributed by atoms with van der Waals surface area (Å²) in [6, 6.07) is 4.07. The molecule has 6 heteroatoms. The molecule has 1 aromatic rings. The van der Waals surface area contributed by atoms with Crippen LogP contribution in [0.15, 0.2) is 12.1 Å². The van der Waals surface area contributed by atoms with E-state index in [1.54, 1.807) is 0 Å². The smallest absolute Gasteiger partial charge is 0.216 e. The molecule has 2 fully saturated rings. The summed E-state index contributed by atoms with van der Waals surface area (Å²) in [6.45, 7) is 5.16. The molecule has 0 radical (unpaired) electrons.